The minimum absolute atomic E-state index is 0.101. The summed E-state index contributed by atoms with van der Waals surface area (Å²) in [5.74, 6) is -0.799. The Bertz CT molecular complexity index is 1240. The second kappa shape index (κ2) is 8.28. The second-order valence-electron chi connectivity index (χ2n) is 8.17. The summed E-state index contributed by atoms with van der Waals surface area (Å²) in [7, 11) is 1.59. The Hall–Kier alpha value is -3.38. The second-order valence-corrected chi connectivity index (χ2v) is 9.15. The first-order chi connectivity index (χ1) is 15.2. The number of aliphatic hydroxyl groups excluding tert-OH is 1. The SMILES string of the molecule is COc1cc(C)c(/C(O)=C2/C(=O)C(=O)N(c3cc(C)cc(C)c3)C2c2cccs2)cc1C. The summed E-state index contributed by atoms with van der Waals surface area (Å²) in [6.07, 6.45) is 0. The maximum atomic E-state index is 13.3. The van der Waals surface area contributed by atoms with Crippen LogP contribution in [0, 0.1) is 27.7 Å². The van der Waals surface area contributed by atoms with Crippen LogP contribution in [0.25, 0.3) is 5.76 Å². The highest BCUT2D eigenvalue weighted by molar-refractivity contribution is 7.10. The molecule has 1 atom stereocenters. The molecule has 1 N–H and O–H groups in total. The Labute approximate surface area is 191 Å². The van der Waals surface area contributed by atoms with Gasteiger partial charge in [-0.3, -0.25) is 14.5 Å². The first-order valence-corrected chi connectivity index (χ1v) is 11.2. The number of thiophene rings is 1. The van der Waals surface area contributed by atoms with Gasteiger partial charge in [0.05, 0.1) is 12.7 Å². The zero-order valence-electron chi connectivity index (χ0n) is 18.7. The van der Waals surface area contributed by atoms with Crippen molar-refractivity contribution < 1.29 is 19.4 Å². The molecular weight excluding hydrogens is 422 g/mol. The number of aliphatic hydroxyl groups is 1. The fourth-order valence-electron chi connectivity index (χ4n) is 4.31. The summed E-state index contributed by atoms with van der Waals surface area (Å²) < 4.78 is 5.38. The Morgan fingerprint density at radius 3 is 2.28 bits per heavy atom. The van der Waals surface area contributed by atoms with Crippen LogP contribution in [0.3, 0.4) is 0 Å². The van der Waals surface area contributed by atoms with Gasteiger partial charge in [0, 0.05) is 16.1 Å². The molecule has 2 heterocycles. The van der Waals surface area contributed by atoms with E-state index in [0.717, 1.165) is 27.1 Å². The molecule has 0 bridgehead atoms. The number of rotatable bonds is 4. The third-order valence-electron chi connectivity index (χ3n) is 5.74. The van der Waals surface area contributed by atoms with Gasteiger partial charge in [0.1, 0.15) is 17.6 Å². The van der Waals surface area contributed by atoms with Crippen LogP contribution >= 0.6 is 11.3 Å². The average molecular weight is 448 g/mol. The van der Waals surface area contributed by atoms with Crippen molar-refractivity contribution in [2.45, 2.75) is 33.7 Å². The molecule has 2 aromatic carbocycles. The molecule has 164 valence electrons. The summed E-state index contributed by atoms with van der Waals surface area (Å²) in [4.78, 5) is 28.8. The smallest absolute Gasteiger partial charge is 0.300 e. The van der Waals surface area contributed by atoms with Crippen molar-refractivity contribution in [2.24, 2.45) is 0 Å². The van der Waals surface area contributed by atoms with E-state index in [4.69, 9.17) is 4.74 Å². The maximum absolute atomic E-state index is 13.3. The van der Waals surface area contributed by atoms with E-state index in [-0.39, 0.29) is 11.3 Å². The number of hydrogen-bond acceptors (Lipinski definition) is 5. The molecule has 1 aliphatic rings. The quantitative estimate of drug-likeness (QED) is 0.320. The van der Waals surface area contributed by atoms with Crippen LogP contribution < -0.4 is 9.64 Å². The van der Waals surface area contributed by atoms with Crippen molar-refractivity contribution in [3.05, 3.63) is 86.1 Å². The molecule has 6 heteroatoms. The third-order valence-corrected chi connectivity index (χ3v) is 6.66. The van der Waals surface area contributed by atoms with Crippen molar-refractivity contribution in [1.82, 2.24) is 0 Å². The number of methoxy groups -OCH3 is 1. The summed E-state index contributed by atoms with van der Waals surface area (Å²) in [5.41, 5.74) is 4.84. The molecule has 1 unspecified atom stereocenters. The molecule has 4 rings (SSSR count). The molecular formula is C26H25NO4S. The Morgan fingerprint density at radius 1 is 1.00 bits per heavy atom. The largest absolute Gasteiger partial charge is 0.507 e. The summed E-state index contributed by atoms with van der Waals surface area (Å²) in [6, 6.07) is 12.5. The number of carbonyl (C=O) groups excluding carboxylic acids is 2. The number of hydrogen-bond donors (Lipinski definition) is 1. The highest BCUT2D eigenvalue weighted by Crippen LogP contribution is 2.44. The Morgan fingerprint density at radius 2 is 1.69 bits per heavy atom. The van der Waals surface area contributed by atoms with E-state index in [9.17, 15) is 14.7 Å². The van der Waals surface area contributed by atoms with E-state index in [1.54, 1.807) is 13.2 Å². The van der Waals surface area contributed by atoms with Crippen LogP contribution in [0.5, 0.6) is 5.75 Å². The van der Waals surface area contributed by atoms with Gasteiger partial charge in [-0.15, -0.1) is 11.3 Å². The lowest BCUT2D eigenvalue weighted by atomic mass is 9.95. The van der Waals surface area contributed by atoms with Crippen LogP contribution in [0.2, 0.25) is 0 Å². The van der Waals surface area contributed by atoms with Gasteiger partial charge in [0.25, 0.3) is 11.7 Å². The number of aryl methyl sites for hydroxylation is 4. The standard InChI is InChI=1S/C26H25NO4S/c1-14-9-15(2)11-18(10-14)27-23(21-7-6-8-32-21)22(25(29)26(27)30)24(28)19-12-17(4)20(31-5)13-16(19)3/h6-13,23,28H,1-5H3/b24-22-. The fraction of sp³-hybridized carbons (Fsp3) is 0.231. The maximum Gasteiger partial charge on any atom is 0.300 e. The molecule has 5 nitrogen and oxygen atoms in total. The first kappa shape index (κ1) is 21.8. The van der Waals surface area contributed by atoms with Gasteiger partial charge >= 0.3 is 0 Å². The molecule has 0 spiro atoms. The Balaban J connectivity index is 1.96. The molecule has 1 saturated heterocycles. The van der Waals surface area contributed by atoms with Crippen LogP contribution in [-0.4, -0.2) is 23.9 Å². The van der Waals surface area contributed by atoms with E-state index in [1.165, 1.54) is 16.2 Å². The zero-order valence-corrected chi connectivity index (χ0v) is 19.5. The number of benzene rings is 2. The van der Waals surface area contributed by atoms with E-state index in [2.05, 4.69) is 0 Å². The van der Waals surface area contributed by atoms with Gasteiger partial charge in [-0.25, -0.2) is 0 Å². The monoisotopic (exact) mass is 447 g/mol. The summed E-state index contributed by atoms with van der Waals surface area (Å²) in [5, 5.41) is 13.3. The van der Waals surface area contributed by atoms with Crippen molar-refractivity contribution in [1.29, 1.82) is 0 Å². The van der Waals surface area contributed by atoms with E-state index in [0.29, 0.717) is 17.0 Å². The summed E-state index contributed by atoms with van der Waals surface area (Å²) >= 11 is 1.45. The van der Waals surface area contributed by atoms with Crippen LogP contribution in [0.1, 0.15) is 38.7 Å². The lowest BCUT2D eigenvalue weighted by molar-refractivity contribution is -0.132. The van der Waals surface area contributed by atoms with Gasteiger partial charge < -0.3 is 9.84 Å². The number of carbonyl (C=O) groups is 2. The molecule has 1 aliphatic heterocycles. The van der Waals surface area contributed by atoms with Crippen LogP contribution in [-0.2, 0) is 9.59 Å². The predicted octanol–water partition coefficient (Wildman–Crippen LogP) is 5.62. The van der Waals surface area contributed by atoms with Crippen molar-refractivity contribution >= 4 is 34.5 Å². The first-order valence-electron chi connectivity index (χ1n) is 10.3. The predicted molar refractivity (Wildman–Crippen MR) is 127 cm³/mol. The highest BCUT2D eigenvalue weighted by Gasteiger charge is 2.47. The van der Waals surface area contributed by atoms with Crippen molar-refractivity contribution in [2.75, 3.05) is 12.0 Å². The average Bonchev–Trinajstić information content (AvgIpc) is 3.35. The minimum Gasteiger partial charge on any atom is -0.507 e. The van der Waals surface area contributed by atoms with Crippen molar-refractivity contribution in [3.63, 3.8) is 0 Å². The van der Waals surface area contributed by atoms with Gasteiger partial charge in [-0.05, 0) is 85.7 Å². The third kappa shape index (κ3) is 3.60. The minimum atomic E-state index is -0.696. The molecule has 3 aromatic rings. The van der Waals surface area contributed by atoms with Crippen molar-refractivity contribution in [3.8, 4) is 5.75 Å². The molecule has 0 saturated carbocycles. The molecule has 1 aromatic heterocycles. The van der Waals surface area contributed by atoms with Gasteiger partial charge in [-0.2, -0.15) is 0 Å². The number of ketones is 1. The number of anilines is 1. The number of nitrogens with zero attached hydrogens (tertiary/aromatic N) is 1. The highest BCUT2D eigenvalue weighted by atomic mass is 32.1. The molecule has 32 heavy (non-hydrogen) atoms. The zero-order chi connectivity index (χ0) is 23.2. The Kier molecular flexibility index (Phi) is 5.65. The van der Waals surface area contributed by atoms with Gasteiger partial charge in [-0.1, -0.05) is 12.1 Å². The molecule has 1 amide bonds. The number of amides is 1. The van der Waals surface area contributed by atoms with Gasteiger partial charge in [0.2, 0.25) is 0 Å². The number of ether oxygens (including phenoxy) is 1. The lowest BCUT2D eigenvalue weighted by Crippen LogP contribution is -2.29. The van der Waals surface area contributed by atoms with Crippen LogP contribution in [0.15, 0.2) is 53.4 Å². The topological polar surface area (TPSA) is 66.8 Å². The number of Topliss-reactive ketones (excluding diaryl/α,β-unsaturated/α-hetero) is 1. The molecule has 1 fully saturated rings. The van der Waals surface area contributed by atoms with E-state index >= 15 is 0 Å². The van der Waals surface area contributed by atoms with Gasteiger partial charge in [0.15, 0.2) is 0 Å². The normalized spacial score (nSPS) is 17.8. The fourth-order valence-corrected chi connectivity index (χ4v) is 5.14. The molecule has 0 aliphatic carbocycles. The molecule has 0 radical (unpaired) electrons. The summed E-state index contributed by atoms with van der Waals surface area (Å²) in [6.45, 7) is 7.63. The van der Waals surface area contributed by atoms with Crippen LogP contribution in [0.4, 0.5) is 5.69 Å². The van der Waals surface area contributed by atoms with E-state index in [1.807, 2.05) is 69.5 Å². The lowest BCUT2D eigenvalue weighted by Gasteiger charge is -2.25. The van der Waals surface area contributed by atoms with E-state index < -0.39 is 17.7 Å².